The summed E-state index contributed by atoms with van der Waals surface area (Å²) in [6.45, 7) is 0.774. The highest BCUT2D eigenvalue weighted by Crippen LogP contribution is 2.05. The van der Waals surface area contributed by atoms with E-state index >= 15 is 0 Å². The molecule has 0 atom stereocenters. The number of ether oxygens (including phenoxy) is 2. The Hall–Kier alpha value is -1.69. The van der Waals surface area contributed by atoms with Gasteiger partial charge in [0.15, 0.2) is 12.1 Å². The molecule has 0 N–H and O–H groups in total. The first kappa shape index (κ1) is 11.4. The summed E-state index contributed by atoms with van der Waals surface area (Å²) in [6.07, 6.45) is 1.90. The van der Waals surface area contributed by atoms with Crippen LogP contribution in [0.3, 0.4) is 0 Å². The van der Waals surface area contributed by atoms with Crippen LogP contribution in [-0.2, 0) is 16.0 Å². The zero-order valence-corrected chi connectivity index (χ0v) is 8.60. The summed E-state index contributed by atoms with van der Waals surface area (Å²) in [6, 6.07) is 0. The Morgan fingerprint density at radius 3 is 2.87 bits per heavy atom. The van der Waals surface area contributed by atoms with Crippen molar-refractivity contribution in [3.63, 3.8) is 0 Å². The normalized spacial score (nSPS) is 10.0. The first-order valence-corrected chi connectivity index (χ1v) is 4.32. The Bertz CT molecular complexity index is 359. The number of hydrogen-bond acceptors (Lipinski definition) is 5. The summed E-state index contributed by atoms with van der Waals surface area (Å²) >= 11 is 0. The van der Waals surface area contributed by atoms with Crippen LogP contribution in [-0.4, -0.2) is 42.6 Å². The Balaban J connectivity index is 2.99. The SMILES string of the molecule is COCCn1c(C(=O)OC)cnc1C=O. The minimum absolute atomic E-state index is 0.187. The molecule has 1 aromatic heterocycles. The molecule has 0 radical (unpaired) electrons. The molecule has 0 aliphatic carbocycles. The van der Waals surface area contributed by atoms with E-state index in [4.69, 9.17) is 4.74 Å². The molecule has 0 aliphatic heterocycles. The van der Waals surface area contributed by atoms with Gasteiger partial charge in [-0.05, 0) is 0 Å². The molecule has 0 saturated heterocycles. The summed E-state index contributed by atoms with van der Waals surface area (Å²) in [5.41, 5.74) is 0.247. The quantitative estimate of drug-likeness (QED) is 0.512. The molecule has 1 rings (SSSR count). The average molecular weight is 212 g/mol. The smallest absolute Gasteiger partial charge is 0.356 e. The Morgan fingerprint density at radius 2 is 2.33 bits per heavy atom. The lowest BCUT2D eigenvalue weighted by atomic mass is 10.4. The summed E-state index contributed by atoms with van der Waals surface area (Å²) in [5, 5.41) is 0. The molecule has 0 amide bonds. The Morgan fingerprint density at radius 1 is 1.60 bits per heavy atom. The molecule has 0 spiro atoms. The second kappa shape index (κ2) is 5.26. The number of aromatic nitrogens is 2. The molecule has 82 valence electrons. The fraction of sp³-hybridized carbons (Fsp3) is 0.444. The molecule has 6 heteroatoms. The predicted molar refractivity (Wildman–Crippen MR) is 50.8 cm³/mol. The van der Waals surface area contributed by atoms with Gasteiger partial charge in [0.1, 0.15) is 5.69 Å². The summed E-state index contributed by atoms with van der Waals surface area (Å²) in [5.74, 6) is -0.334. The maximum Gasteiger partial charge on any atom is 0.356 e. The van der Waals surface area contributed by atoms with E-state index in [1.807, 2.05) is 0 Å². The van der Waals surface area contributed by atoms with Crippen LogP contribution in [0.2, 0.25) is 0 Å². The van der Waals surface area contributed by atoms with E-state index in [9.17, 15) is 9.59 Å². The Kier molecular flexibility index (Phi) is 3.99. The average Bonchev–Trinajstić information content (AvgIpc) is 2.67. The van der Waals surface area contributed by atoms with E-state index in [0.29, 0.717) is 19.4 Å². The van der Waals surface area contributed by atoms with E-state index in [1.54, 1.807) is 0 Å². The molecule has 1 aromatic rings. The first-order valence-electron chi connectivity index (χ1n) is 4.32. The van der Waals surface area contributed by atoms with E-state index < -0.39 is 5.97 Å². The molecule has 0 bridgehead atoms. The third-order valence-electron chi connectivity index (χ3n) is 1.91. The maximum absolute atomic E-state index is 11.3. The van der Waals surface area contributed by atoms with Crippen molar-refractivity contribution >= 4 is 12.3 Å². The molecular formula is C9H12N2O4. The molecule has 15 heavy (non-hydrogen) atoms. The minimum atomic E-state index is -0.522. The zero-order valence-electron chi connectivity index (χ0n) is 8.60. The lowest BCUT2D eigenvalue weighted by Gasteiger charge is -2.06. The number of esters is 1. The molecule has 0 aromatic carbocycles. The van der Waals surface area contributed by atoms with Crippen molar-refractivity contribution in [2.45, 2.75) is 6.54 Å². The number of nitrogens with zero attached hydrogens (tertiary/aromatic N) is 2. The molecule has 0 saturated carbocycles. The van der Waals surface area contributed by atoms with Gasteiger partial charge in [0, 0.05) is 13.7 Å². The maximum atomic E-state index is 11.3. The molecule has 6 nitrogen and oxygen atoms in total. The number of carbonyl (C=O) groups is 2. The van der Waals surface area contributed by atoms with E-state index in [0.717, 1.165) is 0 Å². The highest BCUT2D eigenvalue weighted by molar-refractivity contribution is 5.88. The van der Waals surface area contributed by atoms with Crippen molar-refractivity contribution < 1.29 is 19.1 Å². The fourth-order valence-corrected chi connectivity index (χ4v) is 1.17. The molecule has 0 aliphatic rings. The van der Waals surface area contributed by atoms with Gasteiger partial charge in [0.05, 0.1) is 19.9 Å². The van der Waals surface area contributed by atoms with Crippen LogP contribution in [0, 0.1) is 0 Å². The van der Waals surface area contributed by atoms with Crippen LogP contribution < -0.4 is 0 Å². The largest absolute Gasteiger partial charge is 0.464 e. The molecule has 0 unspecified atom stereocenters. The number of imidazole rings is 1. The number of carbonyl (C=O) groups excluding carboxylic acids is 2. The summed E-state index contributed by atoms with van der Waals surface area (Å²) in [4.78, 5) is 25.7. The third-order valence-corrected chi connectivity index (χ3v) is 1.91. The van der Waals surface area contributed by atoms with Crippen LogP contribution in [0.5, 0.6) is 0 Å². The van der Waals surface area contributed by atoms with Gasteiger partial charge in [0.25, 0.3) is 0 Å². The van der Waals surface area contributed by atoms with Gasteiger partial charge in [-0.3, -0.25) is 4.79 Å². The lowest BCUT2D eigenvalue weighted by Crippen LogP contribution is -2.15. The predicted octanol–water partition coefficient (Wildman–Crippen LogP) is 0.129. The zero-order chi connectivity index (χ0) is 11.3. The van der Waals surface area contributed by atoms with E-state index in [-0.39, 0.29) is 11.5 Å². The fourth-order valence-electron chi connectivity index (χ4n) is 1.17. The van der Waals surface area contributed by atoms with E-state index in [2.05, 4.69) is 9.72 Å². The molecule has 0 fully saturated rings. The van der Waals surface area contributed by atoms with Crippen LogP contribution >= 0.6 is 0 Å². The summed E-state index contributed by atoms with van der Waals surface area (Å²) < 4.78 is 10.9. The highest BCUT2D eigenvalue weighted by atomic mass is 16.5. The second-order valence-corrected chi connectivity index (χ2v) is 2.76. The van der Waals surface area contributed by atoms with Gasteiger partial charge in [-0.2, -0.15) is 0 Å². The summed E-state index contributed by atoms with van der Waals surface area (Å²) in [7, 11) is 2.81. The van der Waals surface area contributed by atoms with Gasteiger partial charge in [-0.25, -0.2) is 9.78 Å². The third kappa shape index (κ3) is 2.41. The second-order valence-electron chi connectivity index (χ2n) is 2.76. The number of rotatable bonds is 5. The van der Waals surface area contributed by atoms with Gasteiger partial charge in [-0.15, -0.1) is 0 Å². The van der Waals surface area contributed by atoms with Crippen LogP contribution in [0.1, 0.15) is 21.1 Å². The number of hydrogen-bond donors (Lipinski definition) is 0. The highest BCUT2D eigenvalue weighted by Gasteiger charge is 2.15. The van der Waals surface area contributed by atoms with Crippen molar-refractivity contribution in [1.29, 1.82) is 0 Å². The van der Waals surface area contributed by atoms with Crippen molar-refractivity contribution in [2.75, 3.05) is 20.8 Å². The topological polar surface area (TPSA) is 70.4 Å². The molecular weight excluding hydrogens is 200 g/mol. The molecule has 1 heterocycles. The van der Waals surface area contributed by atoms with Gasteiger partial charge in [0.2, 0.25) is 0 Å². The van der Waals surface area contributed by atoms with Crippen molar-refractivity contribution in [3.8, 4) is 0 Å². The van der Waals surface area contributed by atoms with Gasteiger partial charge in [-0.1, -0.05) is 0 Å². The standard InChI is InChI=1S/C9H12N2O4/c1-14-4-3-11-7(9(13)15-2)5-10-8(11)6-12/h5-6H,3-4H2,1-2H3. The van der Waals surface area contributed by atoms with Crippen molar-refractivity contribution in [1.82, 2.24) is 9.55 Å². The van der Waals surface area contributed by atoms with Crippen LogP contribution in [0.25, 0.3) is 0 Å². The van der Waals surface area contributed by atoms with E-state index in [1.165, 1.54) is 25.0 Å². The van der Waals surface area contributed by atoms with Crippen LogP contribution in [0.4, 0.5) is 0 Å². The van der Waals surface area contributed by atoms with Crippen LogP contribution in [0.15, 0.2) is 6.20 Å². The lowest BCUT2D eigenvalue weighted by molar-refractivity contribution is 0.0586. The minimum Gasteiger partial charge on any atom is -0.464 e. The van der Waals surface area contributed by atoms with Crippen molar-refractivity contribution in [3.05, 3.63) is 17.7 Å². The van der Waals surface area contributed by atoms with Gasteiger partial charge < -0.3 is 14.0 Å². The van der Waals surface area contributed by atoms with Crippen molar-refractivity contribution in [2.24, 2.45) is 0 Å². The number of aldehydes is 1. The monoisotopic (exact) mass is 212 g/mol. The Labute approximate surface area is 86.8 Å². The van der Waals surface area contributed by atoms with Gasteiger partial charge >= 0.3 is 5.97 Å². The number of methoxy groups -OCH3 is 2. The first-order chi connectivity index (χ1) is 7.24.